The van der Waals surface area contributed by atoms with Gasteiger partial charge in [0.2, 0.25) is 0 Å². The maximum absolute atomic E-state index is 13.1. The quantitative estimate of drug-likeness (QED) is 0.407. The van der Waals surface area contributed by atoms with Gasteiger partial charge in [-0.2, -0.15) is 0 Å². The van der Waals surface area contributed by atoms with Crippen molar-refractivity contribution in [1.29, 1.82) is 0 Å². The van der Waals surface area contributed by atoms with Crippen molar-refractivity contribution in [1.82, 2.24) is 20.9 Å². The van der Waals surface area contributed by atoms with Crippen LogP contribution in [0.1, 0.15) is 80.6 Å². The van der Waals surface area contributed by atoms with Gasteiger partial charge in [0.15, 0.2) is 6.10 Å². The van der Waals surface area contributed by atoms with Crippen molar-refractivity contribution < 1.29 is 28.7 Å². The molecule has 0 aromatic rings. The Balaban J connectivity index is 1.91. The van der Waals surface area contributed by atoms with Gasteiger partial charge in [0, 0.05) is 5.54 Å². The summed E-state index contributed by atoms with van der Waals surface area (Å²) in [6.07, 6.45) is 2.45. The summed E-state index contributed by atoms with van der Waals surface area (Å²) < 4.78 is 5.05. The number of hydrogen-bond acceptors (Lipinski definition) is 6. The molecule has 0 aromatic heterocycles. The number of amides is 6. The van der Waals surface area contributed by atoms with Gasteiger partial charge >= 0.3 is 18.0 Å². The fourth-order valence-corrected chi connectivity index (χ4v) is 4.34. The molecule has 1 heterocycles. The van der Waals surface area contributed by atoms with E-state index in [4.69, 9.17) is 4.74 Å². The molecule has 0 bridgehead atoms. The van der Waals surface area contributed by atoms with Gasteiger partial charge in [-0.1, -0.05) is 27.2 Å². The van der Waals surface area contributed by atoms with Crippen LogP contribution >= 0.6 is 0 Å². The second-order valence-corrected chi connectivity index (χ2v) is 10.8. The lowest BCUT2D eigenvalue weighted by Crippen LogP contribution is -2.51. The van der Waals surface area contributed by atoms with E-state index in [1.165, 1.54) is 6.92 Å². The Hall–Kier alpha value is -2.65. The smallest absolute Gasteiger partial charge is 0.327 e. The van der Waals surface area contributed by atoms with Crippen molar-refractivity contribution in [2.75, 3.05) is 6.54 Å². The highest BCUT2D eigenvalue weighted by atomic mass is 16.5. The van der Waals surface area contributed by atoms with E-state index in [1.54, 1.807) is 20.8 Å². The summed E-state index contributed by atoms with van der Waals surface area (Å²) in [5.41, 5.74) is -1.36. The number of carbonyl (C=O) groups excluding carboxylic acids is 5. The first kappa shape index (κ1) is 26.6. The van der Waals surface area contributed by atoms with Gasteiger partial charge < -0.3 is 15.4 Å². The molecule has 2 fully saturated rings. The van der Waals surface area contributed by atoms with Crippen LogP contribution in [0.15, 0.2) is 0 Å². The van der Waals surface area contributed by atoms with E-state index < -0.39 is 53.6 Å². The highest BCUT2D eigenvalue weighted by Crippen LogP contribution is 2.45. The average Bonchev–Trinajstić information content (AvgIpc) is 2.90. The van der Waals surface area contributed by atoms with Gasteiger partial charge in [0.1, 0.15) is 12.1 Å². The van der Waals surface area contributed by atoms with Crippen molar-refractivity contribution in [2.45, 2.75) is 97.8 Å². The first-order valence-corrected chi connectivity index (χ1v) is 11.6. The Kier molecular flexibility index (Phi) is 7.81. The topological polar surface area (TPSA) is 134 Å². The van der Waals surface area contributed by atoms with Gasteiger partial charge in [-0.15, -0.1) is 0 Å². The lowest BCUT2D eigenvalue weighted by molar-refractivity contribution is -0.156. The second-order valence-electron chi connectivity index (χ2n) is 10.8. The van der Waals surface area contributed by atoms with Crippen LogP contribution in [0.25, 0.3) is 0 Å². The van der Waals surface area contributed by atoms with Crippen LogP contribution in [0.5, 0.6) is 0 Å². The Labute approximate surface area is 195 Å². The summed E-state index contributed by atoms with van der Waals surface area (Å²) in [5.74, 6) is -1.68. The number of nitrogens with one attached hydrogen (secondary N) is 3. The first-order chi connectivity index (χ1) is 15.1. The third kappa shape index (κ3) is 6.45. The number of esters is 1. The lowest BCUT2D eigenvalue weighted by atomic mass is 9.65. The van der Waals surface area contributed by atoms with Crippen LogP contribution in [0, 0.1) is 11.3 Å². The van der Waals surface area contributed by atoms with Crippen molar-refractivity contribution in [3.05, 3.63) is 0 Å². The predicted molar refractivity (Wildman–Crippen MR) is 121 cm³/mol. The molecule has 2 rings (SSSR count). The molecule has 1 saturated heterocycles. The van der Waals surface area contributed by atoms with Crippen LogP contribution in [-0.2, 0) is 19.1 Å². The highest BCUT2D eigenvalue weighted by molar-refractivity contribution is 6.09. The van der Waals surface area contributed by atoms with E-state index in [1.807, 2.05) is 0 Å². The van der Waals surface area contributed by atoms with Crippen molar-refractivity contribution in [3.8, 4) is 0 Å². The fourth-order valence-electron chi connectivity index (χ4n) is 4.34. The number of urea groups is 2. The summed E-state index contributed by atoms with van der Waals surface area (Å²) in [6, 6.07) is -1.35. The Bertz CT molecular complexity index is 808. The largest absolute Gasteiger partial charge is 0.451 e. The number of rotatable bonds is 6. The molecule has 1 atom stereocenters. The summed E-state index contributed by atoms with van der Waals surface area (Å²) >= 11 is 0. The highest BCUT2D eigenvalue weighted by Gasteiger charge is 2.54. The van der Waals surface area contributed by atoms with Gasteiger partial charge in [-0.05, 0) is 64.7 Å². The third-order valence-corrected chi connectivity index (χ3v) is 6.79. The van der Waals surface area contributed by atoms with Crippen LogP contribution < -0.4 is 16.0 Å². The minimum Gasteiger partial charge on any atom is -0.451 e. The molecule has 1 aliphatic heterocycles. The van der Waals surface area contributed by atoms with E-state index in [0.717, 1.165) is 24.2 Å². The number of ether oxygens (including phenoxy) is 1. The van der Waals surface area contributed by atoms with Crippen molar-refractivity contribution in [2.24, 2.45) is 11.3 Å². The van der Waals surface area contributed by atoms with Crippen molar-refractivity contribution in [3.63, 3.8) is 0 Å². The molecular weight excluding hydrogens is 428 g/mol. The molecule has 6 amide bonds. The monoisotopic (exact) mass is 466 g/mol. The molecular formula is C23H38N4O6. The maximum atomic E-state index is 13.1. The van der Waals surface area contributed by atoms with Gasteiger partial charge in [-0.25, -0.2) is 9.59 Å². The molecule has 10 heteroatoms. The molecule has 1 saturated carbocycles. The SMILES string of the molecule is CCC(C)(C)C1CCC2(CC1)NC(=O)N(CC(=O)OC(C)C(=O)NC(=O)NC(C)(C)C)C2=O. The fraction of sp³-hybridized carbons (Fsp3) is 0.783. The minimum absolute atomic E-state index is 0.164. The van der Waals surface area contributed by atoms with Crippen LogP contribution in [0.3, 0.4) is 0 Å². The summed E-state index contributed by atoms with van der Waals surface area (Å²) in [6.45, 7) is 12.6. The van der Waals surface area contributed by atoms with E-state index in [9.17, 15) is 24.0 Å². The zero-order valence-electron chi connectivity index (χ0n) is 20.8. The number of imide groups is 2. The molecule has 1 unspecified atom stereocenters. The molecule has 33 heavy (non-hydrogen) atoms. The zero-order valence-corrected chi connectivity index (χ0v) is 20.8. The predicted octanol–water partition coefficient (Wildman–Crippen LogP) is 2.46. The van der Waals surface area contributed by atoms with Crippen molar-refractivity contribution >= 4 is 29.8 Å². The Morgan fingerprint density at radius 2 is 1.73 bits per heavy atom. The first-order valence-electron chi connectivity index (χ1n) is 11.6. The molecule has 186 valence electrons. The molecule has 0 radical (unpaired) electrons. The molecule has 1 spiro atoms. The van der Waals surface area contributed by atoms with E-state index in [2.05, 4.69) is 36.7 Å². The van der Waals surface area contributed by atoms with E-state index in [0.29, 0.717) is 18.8 Å². The molecule has 2 aliphatic rings. The molecule has 1 aliphatic carbocycles. The minimum atomic E-state index is -1.27. The number of nitrogens with zero attached hydrogens (tertiary/aromatic N) is 1. The molecule has 0 aromatic carbocycles. The summed E-state index contributed by atoms with van der Waals surface area (Å²) in [4.78, 5) is 62.6. The Morgan fingerprint density at radius 1 is 1.15 bits per heavy atom. The maximum Gasteiger partial charge on any atom is 0.327 e. The molecule has 3 N–H and O–H groups in total. The Morgan fingerprint density at radius 3 is 2.24 bits per heavy atom. The number of hydrogen-bond donors (Lipinski definition) is 3. The van der Waals surface area contributed by atoms with Crippen LogP contribution in [-0.4, -0.2) is 58.5 Å². The second kappa shape index (κ2) is 9.69. The summed E-state index contributed by atoms with van der Waals surface area (Å²) in [7, 11) is 0. The van der Waals surface area contributed by atoms with E-state index in [-0.39, 0.29) is 5.41 Å². The van der Waals surface area contributed by atoms with Crippen LogP contribution in [0.4, 0.5) is 9.59 Å². The summed E-state index contributed by atoms with van der Waals surface area (Å²) in [5, 5.41) is 7.44. The third-order valence-electron chi connectivity index (χ3n) is 6.79. The average molecular weight is 467 g/mol. The van der Waals surface area contributed by atoms with Gasteiger partial charge in [0.05, 0.1) is 0 Å². The van der Waals surface area contributed by atoms with Gasteiger partial charge in [-0.3, -0.25) is 24.6 Å². The standard InChI is InChI=1S/C23H38N4O6/c1-8-22(6,7)15-9-11-23(12-10-15)18(30)27(20(32)26-23)13-16(28)33-14(2)17(29)24-19(31)25-21(3,4)5/h14-15H,8-13H2,1-7H3,(H,26,32)(H2,24,25,29,31). The van der Waals surface area contributed by atoms with Gasteiger partial charge in [0.25, 0.3) is 11.8 Å². The zero-order chi connectivity index (χ0) is 25.2. The lowest BCUT2D eigenvalue weighted by Gasteiger charge is -2.42. The van der Waals surface area contributed by atoms with E-state index >= 15 is 0 Å². The molecule has 10 nitrogen and oxygen atoms in total. The van der Waals surface area contributed by atoms with Crippen LogP contribution in [0.2, 0.25) is 0 Å². The normalized spacial score (nSPS) is 24.3. The number of carbonyl (C=O) groups is 5.